The summed E-state index contributed by atoms with van der Waals surface area (Å²) in [5.41, 5.74) is 0. The first-order valence-electron chi connectivity index (χ1n) is 6.40. The largest absolute Gasteiger partial charge is 0.481 e. The first kappa shape index (κ1) is 17.3. The van der Waals surface area contributed by atoms with Crippen molar-refractivity contribution in [1.29, 1.82) is 0 Å². The average molecular weight is 275 g/mol. The Hall–Kier alpha value is -0.710. The highest BCUT2D eigenvalue weighted by atomic mass is 32.2. The van der Waals surface area contributed by atoms with Gasteiger partial charge in [-0.25, -0.2) is 0 Å². The van der Waals surface area contributed by atoms with Crippen molar-refractivity contribution >= 4 is 23.6 Å². The Kier molecular flexibility index (Phi) is 8.89. The van der Waals surface area contributed by atoms with Crippen LogP contribution in [0.5, 0.6) is 0 Å². The molecule has 0 heterocycles. The van der Waals surface area contributed by atoms with Crippen LogP contribution in [0, 0.1) is 11.8 Å². The van der Waals surface area contributed by atoms with E-state index < -0.39 is 5.97 Å². The summed E-state index contributed by atoms with van der Waals surface area (Å²) in [6.45, 7) is 5.60. The second-order valence-corrected chi connectivity index (χ2v) is 5.85. The molecule has 4 nitrogen and oxygen atoms in total. The number of nitrogens with one attached hydrogen (secondary N) is 1. The maximum atomic E-state index is 11.7. The Labute approximate surface area is 114 Å². The van der Waals surface area contributed by atoms with Gasteiger partial charge in [0.15, 0.2) is 0 Å². The second kappa shape index (κ2) is 9.25. The summed E-state index contributed by atoms with van der Waals surface area (Å²) in [6.07, 6.45) is 4.30. The van der Waals surface area contributed by atoms with Gasteiger partial charge in [0, 0.05) is 17.7 Å². The number of hydrogen-bond acceptors (Lipinski definition) is 3. The number of hydrogen-bond donors (Lipinski definition) is 2. The lowest BCUT2D eigenvalue weighted by Crippen LogP contribution is -2.37. The van der Waals surface area contributed by atoms with Crippen molar-refractivity contribution in [2.75, 3.05) is 12.0 Å². The van der Waals surface area contributed by atoms with Crippen LogP contribution in [0.15, 0.2) is 0 Å². The quantitative estimate of drug-likeness (QED) is 0.678. The summed E-state index contributed by atoms with van der Waals surface area (Å²) in [5, 5.41) is 11.7. The molecule has 0 saturated carbocycles. The normalized spacial score (nSPS) is 15.8. The number of carbonyl (C=O) groups excluding carboxylic acids is 1. The predicted molar refractivity (Wildman–Crippen MR) is 75.8 cm³/mol. The van der Waals surface area contributed by atoms with E-state index in [2.05, 4.69) is 5.32 Å². The SMILES string of the molecule is CSCC(C)C(=O)NC(C)CCCC(C)C(=O)O. The molecule has 0 aromatic carbocycles. The fourth-order valence-electron chi connectivity index (χ4n) is 1.64. The highest BCUT2D eigenvalue weighted by Gasteiger charge is 2.15. The second-order valence-electron chi connectivity index (χ2n) is 4.94. The highest BCUT2D eigenvalue weighted by molar-refractivity contribution is 7.98. The van der Waals surface area contributed by atoms with Gasteiger partial charge in [0.05, 0.1) is 5.92 Å². The third-order valence-corrected chi connectivity index (χ3v) is 3.78. The van der Waals surface area contributed by atoms with Crippen LogP contribution in [0.25, 0.3) is 0 Å². The van der Waals surface area contributed by atoms with Gasteiger partial charge in [-0.3, -0.25) is 9.59 Å². The summed E-state index contributed by atoms with van der Waals surface area (Å²) in [7, 11) is 0. The molecule has 106 valence electrons. The molecule has 0 spiro atoms. The minimum Gasteiger partial charge on any atom is -0.481 e. The molecule has 0 aromatic rings. The lowest BCUT2D eigenvalue weighted by atomic mass is 10.0. The van der Waals surface area contributed by atoms with E-state index >= 15 is 0 Å². The zero-order valence-corrected chi connectivity index (χ0v) is 12.5. The van der Waals surface area contributed by atoms with Crippen LogP contribution in [-0.2, 0) is 9.59 Å². The van der Waals surface area contributed by atoms with Gasteiger partial charge in [-0.15, -0.1) is 0 Å². The highest BCUT2D eigenvalue weighted by Crippen LogP contribution is 2.10. The number of amides is 1. The van der Waals surface area contributed by atoms with Crippen LogP contribution in [0.2, 0.25) is 0 Å². The van der Waals surface area contributed by atoms with Gasteiger partial charge >= 0.3 is 5.97 Å². The van der Waals surface area contributed by atoms with Crippen molar-refractivity contribution in [2.24, 2.45) is 11.8 Å². The summed E-state index contributed by atoms with van der Waals surface area (Å²) >= 11 is 1.66. The summed E-state index contributed by atoms with van der Waals surface area (Å²) < 4.78 is 0. The molecule has 0 fully saturated rings. The van der Waals surface area contributed by atoms with Gasteiger partial charge < -0.3 is 10.4 Å². The molecule has 5 heteroatoms. The van der Waals surface area contributed by atoms with Crippen molar-refractivity contribution in [3.63, 3.8) is 0 Å². The van der Waals surface area contributed by atoms with Gasteiger partial charge in [0.2, 0.25) is 5.91 Å². The first-order chi connectivity index (χ1) is 8.38. The van der Waals surface area contributed by atoms with Crippen LogP contribution in [0.1, 0.15) is 40.0 Å². The maximum Gasteiger partial charge on any atom is 0.306 e. The average Bonchev–Trinajstić information content (AvgIpc) is 2.28. The maximum absolute atomic E-state index is 11.7. The molecule has 3 atom stereocenters. The predicted octanol–water partition coefficient (Wildman–Crippen LogP) is 2.38. The van der Waals surface area contributed by atoms with E-state index in [-0.39, 0.29) is 23.8 Å². The number of carboxylic acid groups (broad SMARTS) is 1. The van der Waals surface area contributed by atoms with E-state index in [9.17, 15) is 9.59 Å². The van der Waals surface area contributed by atoms with Gasteiger partial charge in [0.25, 0.3) is 0 Å². The Bertz CT molecular complexity index is 271. The molecule has 0 rings (SSSR count). The molecular weight excluding hydrogens is 250 g/mol. The standard InChI is InChI=1S/C13H25NO3S/c1-9(13(16)17)6-5-7-11(3)14-12(15)10(2)8-18-4/h9-11H,5-8H2,1-4H3,(H,14,15)(H,16,17). The van der Waals surface area contributed by atoms with Crippen molar-refractivity contribution in [3.05, 3.63) is 0 Å². The minimum absolute atomic E-state index is 0.0281. The number of aliphatic carboxylic acids is 1. The van der Waals surface area contributed by atoms with Crippen LogP contribution in [0.4, 0.5) is 0 Å². The number of thioether (sulfide) groups is 1. The number of carbonyl (C=O) groups is 2. The van der Waals surface area contributed by atoms with E-state index in [0.717, 1.165) is 18.6 Å². The molecule has 0 aliphatic rings. The first-order valence-corrected chi connectivity index (χ1v) is 7.80. The van der Waals surface area contributed by atoms with E-state index in [0.29, 0.717) is 6.42 Å². The van der Waals surface area contributed by atoms with E-state index in [4.69, 9.17) is 5.11 Å². The molecule has 1 amide bonds. The monoisotopic (exact) mass is 275 g/mol. The van der Waals surface area contributed by atoms with Crippen molar-refractivity contribution in [3.8, 4) is 0 Å². The zero-order valence-electron chi connectivity index (χ0n) is 11.7. The molecule has 0 radical (unpaired) electrons. The lowest BCUT2D eigenvalue weighted by molar-refractivity contribution is -0.141. The van der Waals surface area contributed by atoms with Gasteiger partial charge in [-0.1, -0.05) is 20.3 Å². The van der Waals surface area contributed by atoms with Crippen molar-refractivity contribution in [1.82, 2.24) is 5.32 Å². The van der Waals surface area contributed by atoms with Crippen LogP contribution >= 0.6 is 11.8 Å². The fourth-order valence-corrected chi connectivity index (χ4v) is 2.29. The number of rotatable bonds is 9. The minimum atomic E-state index is -0.750. The summed E-state index contributed by atoms with van der Waals surface area (Å²) in [4.78, 5) is 22.4. The molecule has 18 heavy (non-hydrogen) atoms. The molecule has 0 bridgehead atoms. The molecule has 2 N–H and O–H groups in total. The van der Waals surface area contributed by atoms with E-state index in [1.54, 1.807) is 18.7 Å². The Morgan fingerprint density at radius 3 is 2.28 bits per heavy atom. The zero-order chi connectivity index (χ0) is 14.1. The molecule has 3 unspecified atom stereocenters. The Balaban J connectivity index is 3.80. The third kappa shape index (κ3) is 7.58. The van der Waals surface area contributed by atoms with Crippen LogP contribution in [-0.4, -0.2) is 35.0 Å². The fraction of sp³-hybridized carbons (Fsp3) is 0.846. The van der Waals surface area contributed by atoms with Crippen molar-refractivity contribution < 1.29 is 14.7 Å². The number of carboxylic acids is 1. The van der Waals surface area contributed by atoms with Crippen molar-refractivity contribution in [2.45, 2.75) is 46.1 Å². The van der Waals surface area contributed by atoms with Gasteiger partial charge in [-0.2, -0.15) is 11.8 Å². The van der Waals surface area contributed by atoms with E-state index in [1.807, 2.05) is 20.1 Å². The summed E-state index contributed by atoms with van der Waals surface area (Å²) in [6, 6.07) is 0.114. The Morgan fingerprint density at radius 1 is 1.17 bits per heavy atom. The molecule has 0 aliphatic heterocycles. The topological polar surface area (TPSA) is 66.4 Å². The molecule has 0 aliphatic carbocycles. The molecule has 0 aromatic heterocycles. The van der Waals surface area contributed by atoms with Gasteiger partial charge in [0.1, 0.15) is 0 Å². The lowest BCUT2D eigenvalue weighted by Gasteiger charge is -2.17. The van der Waals surface area contributed by atoms with Gasteiger partial charge in [-0.05, 0) is 26.0 Å². The Morgan fingerprint density at radius 2 is 1.78 bits per heavy atom. The summed E-state index contributed by atoms with van der Waals surface area (Å²) in [5.74, 6) is -0.110. The molecular formula is C13H25NO3S. The molecule has 0 saturated heterocycles. The smallest absolute Gasteiger partial charge is 0.306 e. The van der Waals surface area contributed by atoms with Crippen LogP contribution < -0.4 is 5.32 Å². The third-order valence-electron chi connectivity index (χ3n) is 2.95. The van der Waals surface area contributed by atoms with E-state index in [1.165, 1.54) is 0 Å². The van der Waals surface area contributed by atoms with Crippen LogP contribution in [0.3, 0.4) is 0 Å².